The highest BCUT2D eigenvalue weighted by atomic mass is 32.1. The molecule has 1 saturated heterocycles. The second-order valence-electron chi connectivity index (χ2n) is 17.9. The normalized spacial score (nSPS) is 18.2. The molecule has 13 nitrogen and oxygen atoms in total. The van der Waals surface area contributed by atoms with E-state index in [4.69, 9.17) is 15.2 Å². The number of ketones is 1. The predicted octanol–water partition coefficient (Wildman–Crippen LogP) is 6.83. The van der Waals surface area contributed by atoms with Crippen LogP contribution in [0.15, 0.2) is 60.2 Å². The summed E-state index contributed by atoms with van der Waals surface area (Å²) in [6.07, 6.45) is 5.20. The Balaban J connectivity index is 1.48. The number of likely N-dealkylation sites (tertiary alicyclic amines) is 1. The number of anilines is 1. The molecular formula is C48H73N7O6S. The quantitative estimate of drug-likeness (QED) is 0.0977. The van der Waals surface area contributed by atoms with Gasteiger partial charge in [0.15, 0.2) is 5.78 Å². The number of likely N-dealkylation sites (N-methyl/N-ethyl adjacent to an activating group) is 2. The van der Waals surface area contributed by atoms with Crippen LogP contribution in [0, 0.1) is 29.6 Å². The Kier molecular flexibility index (Phi) is 19.5. The number of carbonyl (C=O) groups excluding carboxylic acids is 4. The largest absolute Gasteiger partial charge is 0.384 e. The summed E-state index contributed by atoms with van der Waals surface area (Å²) in [5.41, 5.74) is 7.98. The molecule has 1 aliphatic rings. The molecule has 0 aliphatic carbocycles. The third kappa shape index (κ3) is 13.2. The van der Waals surface area contributed by atoms with Crippen LogP contribution in [0.5, 0.6) is 0 Å². The first kappa shape index (κ1) is 50.4. The van der Waals surface area contributed by atoms with Crippen molar-refractivity contribution in [2.75, 3.05) is 40.6 Å². The summed E-state index contributed by atoms with van der Waals surface area (Å²) < 4.78 is 12.2. The van der Waals surface area contributed by atoms with Crippen LogP contribution in [0.25, 0.3) is 0 Å². The lowest BCUT2D eigenvalue weighted by Crippen LogP contribution is -2.54. The standard InChI is InChI=1S/C48H73N7O6S/c1-12-32(6)44(54(9)48(59)36(30(2)3)27-39(56)43(31(4)5)53(8)29-35-20-21-50-41(49)26-35)40(60-10)28-42(57)55-23-16-19-38(55)45(61-11)33(7)46(58)52-37(47-51-22-24-62-47)25-34-17-14-13-15-18-34/h13-15,17-18,20-22,24,26,30-33,36-38,40,43-45H,12,16,19,23,25,27-29H2,1-11H3,(H2,49,50)(H,52,58)/t32-,33+,36-,37-,38-,40+,43-,44-,45+/m0/s1. The summed E-state index contributed by atoms with van der Waals surface area (Å²) in [6.45, 7) is 15.1. The zero-order valence-corrected chi connectivity index (χ0v) is 39.8. The Hall–Kier alpha value is -4.24. The number of amides is 3. The SMILES string of the molecule is CC[C@H](C)[C@@H]([C@@H](CC(=O)N1CCC[C@H]1[C@H](OC)[C@@H](C)C(=O)N[C@@H](Cc1ccccc1)c1nccs1)OC)N(C)C(=O)[C@@H](CC(=O)[C@H](C(C)C)N(C)Cc1ccnc(N)c1)C(C)C. The summed E-state index contributed by atoms with van der Waals surface area (Å²) in [6, 6.07) is 12.2. The van der Waals surface area contributed by atoms with Crippen LogP contribution in [0.4, 0.5) is 5.82 Å². The van der Waals surface area contributed by atoms with Crippen molar-refractivity contribution in [1.82, 2.24) is 30.0 Å². The van der Waals surface area contributed by atoms with Crippen LogP contribution in [-0.4, -0.2) is 113 Å². The fourth-order valence-electron chi connectivity index (χ4n) is 9.38. The minimum Gasteiger partial charge on any atom is -0.384 e. The molecule has 3 amide bonds. The number of carbonyl (C=O) groups is 4. The Morgan fingerprint density at radius 1 is 0.935 bits per heavy atom. The average Bonchev–Trinajstić information content (AvgIpc) is 3.96. The third-order valence-corrected chi connectivity index (χ3v) is 13.8. The monoisotopic (exact) mass is 876 g/mol. The maximum Gasteiger partial charge on any atom is 0.226 e. The van der Waals surface area contributed by atoms with Gasteiger partial charge in [-0.05, 0) is 67.3 Å². The molecule has 0 saturated carbocycles. The maximum atomic E-state index is 14.6. The Labute approximate surface area is 374 Å². The molecule has 1 aromatic carbocycles. The molecule has 3 heterocycles. The van der Waals surface area contributed by atoms with Gasteiger partial charge in [0.05, 0.1) is 48.7 Å². The lowest BCUT2D eigenvalue weighted by molar-refractivity contribution is -0.149. The van der Waals surface area contributed by atoms with Crippen LogP contribution in [0.1, 0.15) is 103 Å². The van der Waals surface area contributed by atoms with Crippen LogP contribution >= 0.6 is 11.3 Å². The van der Waals surface area contributed by atoms with E-state index in [1.165, 1.54) is 11.3 Å². The smallest absolute Gasteiger partial charge is 0.226 e. The number of benzene rings is 1. The van der Waals surface area contributed by atoms with Crippen LogP contribution in [-0.2, 0) is 41.6 Å². The summed E-state index contributed by atoms with van der Waals surface area (Å²) in [4.78, 5) is 71.5. The maximum absolute atomic E-state index is 14.6. The van der Waals surface area contributed by atoms with Crippen molar-refractivity contribution < 1.29 is 28.7 Å². The summed E-state index contributed by atoms with van der Waals surface area (Å²) in [5, 5.41) is 5.98. The number of ether oxygens (including phenoxy) is 2. The highest BCUT2D eigenvalue weighted by Gasteiger charge is 2.43. The minimum absolute atomic E-state index is 0.00801. The predicted molar refractivity (Wildman–Crippen MR) is 246 cm³/mol. The first-order chi connectivity index (χ1) is 29.5. The lowest BCUT2D eigenvalue weighted by Gasteiger charge is -2.41. The first-order valence-corrected chi connectivity index (χ1v) is 23.2. The van der Waals surface area contributed by atoms with E-state index in [0.29, 0.717) is 31.7 Å². The van der Waals surface area contributed by atoms with Crippen molar-refractivity contribution in [3.8, 4) is 0 Å². The molecule has 1 fully saturated rings. The molecule has 342 valence electrons. The Morgan fingerprint density at radius 3 is 2.23 bits per heavy atom. The number of thiazole rings is 1. The molecule has 0 bridgehead atoms. The molecule has 62 heavy (non-hydrogen) atoms. The van der Waals surface area contributed by atoms with Gasteiger partial charge in [0.25, 0.3) is 0 Å². The van der Waals surface area contributed by atoms with Gasteiger partial charge in [-0.1, -0.05) is 85.2 Å². The molecule has 1 aliphatic heterocycles. The number of nitrogens with one attached hydrogen (secondary N) is 1. The average molecular weight is 876 g/mol. The van der Waals surface area contributed by atoms with Gasteiger partial charge in [0.1, 0.15) is 10.8 Å². The zero-order chi connectivity index (χ0) is 45.7. The Morgan fingerprint density at radius 2 is 1.65 bits per heavy atom. The van der Waals surface area contributed by atoms with Gasteiger partial charge in [0.2, 0.25) is 17.7 Å². The summed E-state index contributed by atoms with van der Waals surface area (Å²) in [5.74, 6) is -1.23. The first-order valence-electron chi connectivity index (χ1n) is 22.3. The molecule has 0 spiro atoms. The number of rotatable bonds is 24. The van der Waals surface area contributed by atoms with E-state index in [1.54, 1.807) is 38.6 Å². The van der Waals surface area contributed by atoms with E-state index in [2.05, 4.69) is 29.1 Å². The topological polar surface area (TPSA) is 160 Å². The number of Topliss-reactive ketones (excluding diaryl/α,β-unsaturated/α-hetero) is 1. The number of hydrogen-bond donors (Lipinski definition) is 2. The summed E-state index contributed by atoms with van der Waals surface area (Å²) in [7, 11) is 6.91. The minimum atomic E-state index is -0.614. The van der Waals surface area contributed by atoms with Gasteiger partial charge in [-0.25, -0.2) is 9.97 Å². The molecule has 4 rings (SSSR count). The number of aromatic nitrogens is 2. The van der Waals surface area contributed by atoms with Crippen LogP contribution < -0.4 is 11.1 Å². The summed E-state index contributed by atoms with van der Waals surface area (Å²) >= 11 is 1.51. The number of nitrogens with two attached hydrogens (primary N) is 1. The van der Waals surface area contributed by atoms with Crippen molar-refractivity contribution in [3.63, 3.8) is 0 Å². The second kappa shape index (κ2) is 24.0. The Bertz CT molecular complexity index is 1860. The van der Waals surface area contributed by atoms with Gasteiger partial charge in [-0.3, -0.25) is 24.1 Å². The van der Waals surface area contributed by atoms with E-state index in [1.807, 2.05) is 99.3 Å². The fourth-order valence-corrected chi connectivity index (χ4v) is 10.1. The van der Waals surface area contributed by atoms with Gasteiger partial charge in [-0.2, -0.15) is 0 Å². The number of nitrogens with zero attached hydrogens (tertiary/aromatic N) is 5. The zero-order valence-electron chi connectivity index (χ0n) is 39.0. The van der Waals surface area contributed by atoms with Gasteiger partial charge < -0.3 is 30.3 Å². The molecule has 14 heteroatoms. The second-order valence-corrected chi connectivity index (χ2v) is 18.9. The van der Waals surface area contributed by atoms with Crippen LogP contribution in [0.3, 0.4) is 0 Å². The van der Waals surface area contributed by atoms with E-state index in [9.17, 15) is 19.2 Å². The van der Waals surface area contributed by atoms with Gasteiger partial charge in [0, 0.05) is 64.5 Å². The molecule has 2 aromatic heterocycles. The molecular weight excluding hydrogens is 803 g/mol. The van der Waals surface area contributed by atoms with E-state index >= 15 is 0 Å². The number of pyridine rings is 1. The van der Waals surface area contributed by atoms with Gasteiger partial charge in [-0.15, -0.1) is 11.3 Å². The van der Waals surface area contributed by atoms with Gasteiger partial charge >= 0.3 is 0 Å². The van der Waals surface area contributed by atoms with Crippen molar-refractivity contribution in [1.29, 1.82) is 0 Å². The van der Waals surface area contributed by atoms with E-state index in [-0.39, 0.29) is 66.2 Å². The van der Waals surface area contributed by atoms with Crippen molar-refractivity contribution >= 4 is 40.7 Å². The molecule has 3 aromatic rings. The number of hydrogen-bond acceptors (Lipinski definition) is 11. The van der Waals surface area contributed by atoms with Crippen molar-refractivity contribution in [2.45, 2.75) is 130 Å². The van der Waals surface area contributed by atoms with E-state index < -0.39 is 36.1 Å². The lowest BCUT2D eigenvalue weighted by atomic mass is 9.83. The van der Waals surface area contributed by atoms with E-state index in [0.717, 1.165) is 29.0 Å². The van der Waals surface area contributed by atoms with Crippen LogP contribution in [0.2, 0.25) is 0 Å². The highest BCUT2D eigenvalue weighted by molar-refractivity contribution is 7.09. The fraction of sp³-hybridized carbons (Fsp3) is 0.625. The molecule has 3 N–H and O–H groups in total. The van der Waals surface area contributed by atoms with Crippen molar-refractivity contribution in [2.24, 2.45) is 29.6 Å². The molecule has 0 unspecified atom stereocenters. The molecule has 9 atom stereocenters. The third-order valence-electron chi connectivity index (χ3n) is 12.9. The van der Waals surface area contributed by atoms with Crippen molar-refractivity contribution in [3.05, 3.63) is 76.4 Å². The number of methoxy groups -OCH3 is 2. The molecule has 0 radical (unpaired) electrons. The highest BCUT2D eigenvalue weighted by Crippen LogP contribution is 2.32. The number of nitrogen functional groups attached to an aromatic ring is 1.